The Bertz CT molecular complexity index is 360. The SMILES string of the molecule is CCOC(c1noc(C(O)CCN)n1)C(C)(C)C. The third-order valence-corrected chi connectivity index (χ3v) is 2.54. The summed E-state index contributed by atoms with van der Waals surface area (Å²) in [5.41, 5.74) is 5.23. The van der Waals surface area contributed by atoms with Crippen molar-refractivity contribution >= 4 is 0 Å². The molecule has 18 heavy (non-hydrogen) atoms. The van der Waals surface area contributed by atoms with E-state index in [2.05, 4.69) is 10.1 Å². The van der Waals surface area contributed by atoms with E-state index in [0.29, 0.717) is 25.4 Å². The molecule has 3 N–H and O–H groups in total. The van der Waals surface area contributed by atoms with Crippen LogP contribution in [0.3, 0.4) is 0 Å². The van der Waals surface area contributed by atoms with Gasteiger partial charge in [0.05, 0.1) is 0 Å². The maximum atomic E-state index is 9.73. The molecule has 1 rings (SSSR count). The molecule has 0 aliphatic carbocycles. The summed E-state index contributed by atoms with van der Waals surface area (Å²) in [6, 6.07) is 0. The van der Waals surface area contributed by atoms with E-state index in [4.69, 9.17) is 15.0 Å². The van der Waals surface area contributed by atoms with E-state index >= 15 is 0 Å². The highest BCUT2D eigenvalue weighted by atomic mass is 16.5. The number of aliphatic hydroxyl groups is 1. The van der Waals surface area contributed by atoms with E-state index in [-0.39, 0.29) is 17.4 Å². The number of aliphatic hydroxyl groups excluding tert-OH is 1. The predicted molar refractivity (Wildman–Crippen MR) is 66.8 cm³/mol. The van der Waals surface area contributed by atoms with Crippen molar-refractivity contribution in [2.24, 2.45) is 11.1 Å². The molecule has 6 nitrogen and oxygen atoms in total. The summed E-state index contributed by atoms with van der Waals surface area (Å²) in [5, 5.41) is 13.6. The molecule has 1 aromatic rings. The second-order valence-electron chi connectivity index (χ2n) is 5.29. The minimum Gasteiger partial charge on any atom is -0.383 e. The minimum atomic E-state index is -0.807. The number of hydrogen-bond acceptors (Lipinski definition) is 6. The van der Waals surface area contributed by atoms with Crippen LogP contribution in [0.5, 0.6) is 0 Å². The highest BCUT2D eigenvalue weighted by Crippen LogP contribution is 2.34. The van der Waals surface area contributed by atoms with Crippen molar-refractivity contribution in [1.29, 1.82) is 0 Å². The monoisotopic (exact) mass is 257 g/mol. The first-order chi connectivity index (χ1) is 8.40. The number of aromatic nitrogens is 2. The van der Waals surface area contributed by atoms with Gasteiger partial charge in [0, 0.05) is 6.61 Å². The standard InChI is InChI=1S/C12H23N3O3/c1-5-17-9(12(2,3)4)10-14-11(18-15-10)8(16)6-7-13/h8-9,16H,5-7,13H2,1-4H3. The first kappa shape index (κ1) is 15.1. The van der Waals surface area contributed by atoms with Crippen LogP contribution in [0, 0.1) is 5.41 Å². The Hall–Kier alpha value is -0.980. The molecular weight excluding hydrogens is 234 g/mol. The zero-order valence-electron chi connectivity index (χ0n) is 11.5. The van der Waals surface area contributed by atoms with E-state index in [9.17, 15) is 5.11 Å². The molecule has 2 atom stereocenters. The molecule has 0 fully saturated rings. The maximum Gasteiger partial charge on any atom is 0.255 e. The molecule has 0 aromatic carbocycles. The number of nitrogens with two attached hydrogens (primary N) is 1. The Morgan fingerprint density at radius 2 is 2.11 bits per heavy atom. The van der Waals surface area contributed by atoms with Crippen molar-refractivity contribution < 1.29 is 14.4 Å². The predicted octanol–water partition coefficient (Wildman–Crippen LogP) is 1.58. The lowest BCUT2D eigenvalue weighted by Gasteiger charge is -2.27. The molecular formula is C12H23N3O3. The third kappa shape index (κ3) is 3.76. The summed E-state index contributed by atoms with van der Waals surface area (Å²) in [6.07, 6.45) is -0.667. The smallest absolute Gasteiger partial charge is 0.255 e. The summed E-state index contributed by atoms with van der Waals surface area (Å²) in [4.78, 5) is 4.21. The maximum absolute atomic E-state index is 9.73. The van der Waals surface area contributed by atoms with Crippen LogP contribution in [-0.2, 0) is 4.74 Å². The highest BCUT2D eigenvalue weighted by molar-refractivity contribution is 4.98. The molecule has 1 heterocycles. The zero-order chi connectivity index (χ0) is 13.8. The largest absolute Gasteiger partial charge is 0.383 e. The Balaban J connectivity index is 2.87. The Morgan fingerprint density at radius 1 is 1.44 bits per heavy atom. The molecule has 0 spiro atoms. The van der Waals surface area contributed by atoms with Crippen LogP contribution in [0.15, 0.2) is 4.52 Å². The molecule has 104 valence electrons. The topological polar surface area (TPSA) is 94.4 Å². The van der Waals surface area contributed by atoms with Gasteiger partial charge in [0.15, 0.2) is 0 Å². The van der Waals surface area contributed by atoms with Crippen molar-refractivity contribution in [2.75, 3.05) is 13.2 Å². The summed E-state index contributed by atoms with van der Waals surface area (Å²) in [5.74, 6) is 0.667. The van der Waals surface area contributed by atoms with Crippen molar-refractivity contribution in [3.63, 3.8) is 0 Å². The van der Waals surface area contributed by atoms with Gasteiger partial charge in [0.1, 0.15) is 12.2 Å². The fourth-order valence-electron chi connectivity index (χ4n) is 1.65. The first-order valence-corrected chi connectivity index (χ1v) is 6.23. The molecule has 6 heteroatoms. The second-order valence-corrected chi connectivity index (χ2v) is 5.29. The van der Waals surface area contributed by atoms with E-state index in [0.717, 1.165) is 0 Å². The zero-order valence-corrected chi connectivity index (χ0v) is 11.5. The van der Waals surface area contributed by atoms with Crippen LogP contribution in [-0.4, -0.2) is 28.4 Å². The van der Waals surface area contributed by atoms with Crippen molar-refractivity contribution in [3.8, 4) is 0 Å². The van der Waals surface area contributed by atoms with Gasteiger partial charge in [0.25, 0.3) is 5.89 Å². The van der Waals surface area contributed by atoms with Crippen LogP contribution < -0.4 is 5.73 Å². The number of hydrogen-bond donors (Lipinski definition) is 2. The molecule has 0 amide bonds. The fourth-order valence-corrected chi connectivity index (χ4v) is 1.65. The Kier molecular flexibility index (Phi) is 5.25. The van der Waals surface area contributed by atoms with E-state index < -0.39 is 6.10 Å². The lowest BCUT2D eigenvalue weighted by atomic mass is 9.88. The van der Waals surface area contributed by atoms with Crippen LogP contribution in [0.1, 0.15) is 58.0 Å². The van der Waals surface area contributed by atoms with Crippen LogP contribution in [0.4, 0.5) is 0 Å². The van der Waals surface area contributed by atoms with Gasteiger partial charge in [-0.3, -0.25) is 0 Å². The molecule has 0 radical (unpaired) electrons. The van der Waals surface area contributed by atoms with Gasteiger partial charge in [0.2, 0.25) is 5.82 Å². The second kappa shape index (κ2) is 6.26. The average Bonchev–Trinajstić information content (AvgIpc) is 2.73. The molecule has 0 saturated heterocycles. The van der Waals surface area contributed by atoms with E-state index in [1.54, 1.807) is 0 Å². The van der Waals surface area contributed by atoms with E-state index in [1.807, 2.05) is 27.7 Å². The van der Waals surface area contributed by atoms with Gasteiger partial charge < -0.3 is 20.1 Å². The first-order valence-electron chi connectivity index (χ1n) is 6.23. The Labute approximate surface area is 108 Å². The number of rotatable bonds is 6. The van der Waals surface area contributed by atoms with Gasteiger partial charge in [-0.25, -0.2) is 0 Å². The molecule has 0 bridgehead atoms. The van der Waals surface area contributed by atoms with E-state index in [1.165, 1.54) is 0 Å². The summed E-state index contributed by atoms with van der Waals surface area (Å²) in [6.45, 7) is 8.98. The normalized spacial score (nSPS) is 15.7. The molecule has 0 aliphatic rings. The van der Waals surface area contributed by atoms with Gasteiger partial charge >= 0.3 is 0 Å². The summed E-state index contributed by atoms with van der Waals surface area (Å²) >= 11 is 0. The van der Waals surface area contributed by atoms with Gasteiger partial charge in [-0.15, -0.1) is 0 Å². The van der Waals surface area contributed by atoms with Crippen LogP contribution >= 0.6 is 0 Å². The Morgan fingerprint density at radius 3 is 2.61 bits per heavy atom. The quantitative estimate of drug-likeness (QED) is 0.803. The highest BCUT2D eigenvalue weighted by Gasteiger charge is 2.31. The fraction of sp³-hybridized carbons (Fsp3) is 0.833. The average molecular weight is 257 g/mol. The van der Waals surface area contributed by atoms with Gasteiger partial charge in [-0.05, 0) is 25.3 Å². The molecule has 0 saturated carbocycles. The van der Waals surface area contributed by atoms with Crippen molar-refractivity contribution in [3.05, 3.63) is 11.7 Å². The summed E-state index contributed by atoms with van der Waals surface area (Å²) in [7, 11) is 0. The van der Waals surface area contributed by atoms with Gasteiger partial charge in [-0.1, -0.05) is 25.9 Å². The lowest BCUT2D eigenvalue weighted by molar-refractivity contribution is -0.0203. The minimum absolute atomic E-state index is 0.143. The van der Waals surface area contributed by atoms with Crippen LogP contribution in [0.25, 0.3) is 0 Å². The van der Waals surface area contributed by atoms with Gasteiger partial charge in [-0.2, -0.15) is 4.98 Å². The summed E-state index contributed by atoms with van der Waals surface area (Å²) < 4.78 is 10.7. The third-order valence-electron chi connectivity index (χ3n) is 2.54. The van der Waals surface area contributed by atoms with Crippen molar-refractivity contribution in [1.82, 2.24) is 10.1 Å². The molecule has 1 aromatic heterocycles. The molecule has 0 aliphatic heterocycles. The van der Waals surface area contributed by atoms with Crippen molar-refractivity contribution in [2.45, 2.75) is 46.3 Å². The number of ether oxygens (including phenoxy) is 1. The number of nitrogens with zero attached hydrogens (tertiary/aromatic N) is 2. The lowest BCUT2D eigenvalue weighted by Crippen LogP contribution is -2.22. The van der Waals surface area contributed by atoms with Crippen LogP contribution in [0.2, 0.25) is 0 Å². The molecule has 2 unspecified atom stereocenters.